The lowest BCUT2D eigenvalue weighted by molar-refractivity contribution is 0.102. The number of carbonyl (C=O) groups is 1. The fourth-order valence-electron chi connectivity index (χ4n) is 1.70. The number of nitrogens with zero attached hydrogens (tertiary/aromatic N) is 2. The number of carbonyl (C=O) groups excluding carboxylic acids is 1. The second-order valence-corrected chi connectivity index (χ2v) is 4.26. The molecule has 0 saturated carbocycles. The molecule has 18 heavy (non-hydrogen) atoms. The summed E-state index contributed by atoms with van der Waals surface area (Å²) in [6, 6.07) is 5.89. The van der Waals surface area contributed by atoms with Gasteiger partial charge in [0, 0.05) is 11.9 Å². The summed E-state index contributed by atoms with van der Waals surface area (Å²) >= 11 is 0. The molecule has 0 unspecified atom stereocenters. The van der Waals surface area contributed by atoms with Crippen molar-refractivity contribution >= 4 is 11.6 Å². The van der Waals surface area contributed by atoms with Gasteiger partial charge in [-0.25, -0.2) is 4.98 Å². The zero-order valence-electron chi connectivity index (χ0n) is 10.7. The van der Waals surface area contributed by atoms with E-state index in [-0.39, 0.29) is 5.91 Å². The van der Waals surface area contributed by atoms with Crippen molar-refractivity contribution in [2.75, 3.05) is 5.32 Å². The third-order valence-corrected chi connectivity index (χ3v) is 2.73. The quantitative estimate of drug-likeness (QED) is 0.879. The van der Waals surface area contributed by atoms with Gasteiger partial charge in [0.05, 0.1) is 11.9 Å². The largest absolute Gasteiger partial charge is 0.320 e. The van der Waals surface area contributed by atoms with Crippen LogP contribution in [0.25, 0.3) is 0 Å². The number of para-hydroxylation sites is 1. The lowest BCUT2D eigenvalue weighted by Gasteiger charge is -2.10. The molecule has 0 aliphatic carbocycles. The molecule has 0 aliphatic heterocycles. The van der Waals surface area contributed by atoms with Crippen LogP contribution < -0.4 is 5.32 Å². The fraction of sp³-hybridized carbons (Fsp3) is 0.214. The van der Waals surface area contributed by atoms with E-state index in [1.807, 2.05) is 39.0 Å². The average Bonchev–Trinajstić information content (AvgIpc) is 2.34. The van der Waals surface area contributed by atoms with E-state index < -0.39 is 0 Å². The zero-order valence-corrected chi connectivity index (χ0v) is 10.7. The highest BCUT2D eigenvalue weighted by Crippen LogP contribution is 2.19. The summed E-state index contributed by atoms with van der Waals surface area (Å²) in [5, 5.41) is 2.87. The van der Waals surface area contributed by atoms with Gasteiger partial charge in [-0.05, 0) is 31.9 Å². The molecular weight excluding hydrogens is 226 g/mol. The fourth-order valence-corrected chi connectivity index (χ4v) is 1.70. The standard InChI is InChI=1S/C14H15N3O/c1-9-5-4-6-10(2)13(9)17-14(18)12-8-15-11(3)7-16-12/h4-8H,1-3H3,(H,17,18). The van der Waals surface area contributed by atoms with Crippen LogP contribution in [0.3, 0.4) is 0 Å². The van der Waals surface area contributed by atoms with Crippen LogP contribution in [0.15, 0.2) is 30.6 Å². The lowest BCUT2D eigenvalue weighted by atomic mass is 10.1. The Hall–Kier alpha value is -2.23. The molecular formula is C14H15N3O. The molecule has 0 bridgehead atoms. The second kappa shape index (κ2) is 4.96. The van der Waals surface area contributed by atoms with Crippen molar-refractivity contribution in [1.82, 2.24) is 9.97 Å². The molecule has 1 aromatic heterocycles. The van der Waals surface area contributed by atoms with E-state index in [1.54, 1.807) is 6.20 Å². The molecule has 4 heteroatoms. The maximum atomic E-state index is 12.0. The SMILES string of the molecule is Cc1cnc(C(=O)Nc2c(C)cccc2C)cn1. The molecule has 1 amide bonds. The number of aryl methyl sites for hydroxylation is 3. The van der Waals surface area contributed by atoms with E-state index in [9.17, 15) is 4.79 Å². The Kier molecular flexibility index (Phi) is 3.37. The van der Waals surface area contributed by atoms with Crippen molar-refractivity contribution in [2.45, 2.75) is 20.8 Å². The third kappa shape index (κ3) is 2.53. The van der Waals surface area contributed by atoms with Crippen molar-refractivity contribution in [3.8, 4) is 0 Å². The summed E-state index contributed by atoms with van der Waals surface area (Å²) in [5.74, 6) is -0.236. The number of rotatable bonds is 2. The van der Waals surface area contributed by atoms with E-state index >= 15 is 0 Å². The highest BCUT2D eigenvalue weighted by molar-refractivity contribution is 6.03. The summed E-state index contributed by atoms with van der Waals surface area (Å²) in [4.78, 5) is 20.1. The molecule has 1 aromatic carbocycles. The van der Waals surface area contributed by atoms with E-state index in [0.29, 0.717) is 5.69 Å². The number of anilines is 1. The molecule has 0 spiro atoms. The van der Waals surface area contributed by atoms with E-state index in [4.69, 9.17) is 0 Å². The Morgan fingerprint density at radius 1 is 1.06 bits per heavy atom. The number of benzene rings is 1. The summed E-state index contributed by atoms with van der Waals surface area (Å²) in [5.41, 5.74) is 4.01. The normalized spacial score (nSPS) is 10.2. The Morgan fingerprint density at radius 2 is 1.72 bits per heavy atom. The molecule has 4 nitrogen and oxygen atoms in total. The lowest BCUT2D eigenvalue weighted by Crippen LogP contribution is -2.15. The molecule has 92 valence electrons. The summed E-state index contributed by atoms with van der Waals surface area (Å²) < 4.78 is 0. The van der Waals surface area contributed by atoms with Gasteiger partial charge < -0.3 is 5.32 Å². The molecule has 0 radical (unpaired) electrons. The predicted octanol–water partition coefficient (Wildman–Crippen LogP) is 2.65. The minimum absolute atomic E-state index is 0.236. The van der Waals surface area contributed by atoms with Crippen LogP contribution in [-0.2, 0) is 0 Å². The van der Waals surface area contributed by atoms with Gasteiger partial charge in [0.25, 0.3) is 5.91 Å². The van der Waals surface area contributed by atoms with Gasteiger partial charge in [-0.1, -0.05) is 18.2 Å². The van der Waals surface area contributed by atoms with Crippen LogP contribution in [0.4, 0.5) is 5.69 Å². The van der Waals surface area contributed by atoms with Gasteiger partial charge in [-0.2, -0.15) is 0 Å². The first-order valence-corrected chi connectivity index (χ1v) is 5.74. The summed E-state index contributed by atoms with van der Waals surface area (Å²) in [7, 11) is 0. The minimum atomic E-state index is -0.236. The van der Waals surface area contributed by atoms with Crippen LogP contribution >= 0.6 is 0 Å². The Labute approximate surface area is 106 Å². The molecule has 1 N–H and O–H groups in total. The van der Waals surface area contributed by atoms with Crippen LogP contribution in [0.2, 0.25) is 0 Å². The van der Waals surface area contributed by atoms with Crippen LogP contribution in [0, 0.1) is 20.8 Å². The molecule has 0 aliphatic rings. The number of nitrogens with one attached hydrogen (secondary N) is 1. The second-order valence-electron chi connectivity index (χ2n) is 4.26. The third-order valence-electron chi connectivity index (χ3n) is 2.73. The molecule has 0 atom stereocenters. The number of hydrogen-bond donors (Lipinski definition) is 1. The zero-order chi connectivity index (χ0) is 13.1. The van der Waals surface area contributed by atoms with Crippen molar-refractivity contribution in [1.29, 1.82) is 0 Å². The van der Waals surface area contributed by atoms with Crippen molar-refractivity contribution in [2.24, 2.45) is 0 Å². The molecule has 1 heterocycles. The monoisotopic (exact) mass is 241 g/mol. The minimum Gasteiger partial charge on any atom is -0.320 e. The Bertz CT molecular complexity index is 556. The average molecular weight is 241 g/mol. The predicted molar refractivity (Wildman–Crippen MR) is 70.6 cm³/mol. The van der Waals surface area contributed by atoms with Crippen molar-refractivity contribution in [3.63, 3.8) is 0 Å². The number of aromatic nitrogens is 2. The van der Waals surface area contributed by atoms with Crippen molar-refractivity contribution in [3.05, 3.63) is 53.1 Å². The molecule has 2 aromatic rings. The van der Waals surface area contributed by atoms with Gasteiger partial charge in [0.1, 0.15) is 5.69 Å². The first-order valence-electron chi connectivity index (χ1n) is 5.74. The maximum absolute atomic E-state index is 12.0. The molecule has 0 saturated heterocycles. The van der Waals surface area contributed by atoms with Crippen LogP contribution in [0.5, 0.6) is 0 Å². The highest BCUT2D eigenvalue weighted by Gasteiger charge is 2.10. The Morgan fingerprint density at radius 3 is 2.28 bits per heavy atom. The maximum Gasteiger partial charge on any atom is 0.275 e. The summed E-state index contributed by atoms with van der Waals surface area (Å²) in [6.45, 7) is 5.76. The number of hydrogen-bond acceptors (Lipinski definition) is 3. The summed E-state index contributed by atoms with van der Waals surface area (Å²) in [6.07, 6.45) is 3.07. The van der Waals surface area contributed by atoms with Gasteiger partial charge in [-0.3, -0.25) is 9.78 Å². The van der Waals surface area contributed by atoms with Crippen molar-refractivity contribution < 1.29 is 4.79 Å². The molecule has 0 fully saturated rings. The van der Waals surface area contributed by atoms with E-state index in [0.717, 1.165) is 22.5 Å². The number of amides is 1. The van der Waals surface area contributed by atoms with Crippen LogP contribution in [-0.4, -0.2) is 15.9 Å². The van der Waals surface area contributed by atoms with Gasteiger partial charge in [0.15, 0.2) is 0 Å². The molecule has 2 rings (SSSR count). The Balaban J connectivity index is 2.24. The first-order chi connectivity index (χ1) is 8.58. The van der Waals surface area contributed by atoms with Crippen LogP contribution in [0.1, 0.15) is 27.3 Å². The van der Waals surface area contributed by atoms with E-state index in [2.05, 4.69) is 15.3 Å². The van der Waals surface area contributed by atoms with Gasteiger partial charge in [-0.15, -0.1) is 0 Å². The smallest absolute Gasteiger partial charge is 0.275 e. The van der Waals surface area contributed by atoms with E-state index in [1.165, 1.54) is 6.20 Å². The topological polar surface area (TPSA) is 54.9 Å². The highest BCUT2D eigenvalue weighted by atomic mass is 16.1. The first kappa shape index (κ1) is 12.2. The van der Waals surface area contributed by atoms with Gasteiger partial charge >= 0.3 is 0 Å². The van der Waals surface area contributed by atoms with Gasteiger partial charge in [0.2, 0.25) is 0 Å².